The Bertz CT molecular complexity index is 750. The van der Waals surface area contributed by atoms with Gasteiger partial charge in [-0.1, -0.05) is 41.9 Å². The van der Waals surface area contributed by atoms with Crippen LogP contribution in [0.4, 0.5) is 5.69 Å². The van der Waals surface area contributed by atoms with Crippen molar-refractivity contribution in [2.75, 3.05) is 25.1 Å². The van der Waals surface area contributed by atoms with Crippen LogP contribution in [-0.4, -0.2) is 32.0 Å². The quantitative estimate of drug-likeness (QED) is 0.720. The second-order valence-electron chi connectivity index (χ2n) is 5.86. The number of halogens is 1. The number of amides is 2. The predicted octanol–water partition coefficient (Wildman–Crippen LogP) is 3.45. The molecule has 1 N–H and O–H groups in total. The number of hydrogen-bond donors (Lipinski definition) is 1. The maximum absolute atomic E-state index is 12.2. The molecule has 2 amide bonds. The van der Waals surface area contributed by atoms with E-state index in [-0.39, 0.29) is 18.4 Å². The summed E-state index contributed by atoms with van der Waals surface area (Å²) in [5.41, 5.74) is 1.79. The van der Waals surface area contributed by atoms with Gasteiger partial charge in [-0.3, -0.25) is 9.59 Å². The minimum absolute atomic E-state index is 0.0523. The van der Waals surface area contributed by atoms with Gasteiger partial charge in [0.15, 0.2) is 0 Å². The molecule has 0 aliphatic carbocycles. The van der Waals surface area contributed by atoms with Gasteiger partial charge in [0.25, 0.3) is 0 Å². The van der Waals surface area contributed by atoms with Gasteiger partial charge in [0.05, 0.1) is 12.1 Å². The number of rotatable bonds is 8. The summed E-state index contributed by atoms with van der Waals surface area (Å²) in [5, 5.41) is 3.24. The molecule has 26 heavy (non-hydrogen) atoms. The standard InChI is InChI=1S/C20H23ClN2O3/c1-15(24)23(17-10-11-19(26-2)18(21)13-17)14-20(25)22-12-6-9-16-7-4-3-5-8-16/h3-5,7-8,10-11,13H,6,9,12,14H2,1-2H3,(H,22,25). The molecular weight excluding hydrogens is 352 g/mol. The van der Waals surface area contributed by atoms with Crippen molar-refractivity contribution in [2.24, 2.45) is 0 Å². The number of carbonyl (C=O) groups excluding carboxylic acids is 2. The Morgan fingerprint density at radius 3 is 2.50 bits per heavy atom. The lowest BCUT2D eigenvalue weighted by molar-refractivity contribution is -0.123. The molecule has 0 radical (unpaired) electrons. The van der Waals surface area contributed by atoms with E-state index >= 15 is 0 Å². The SMILES string of the molecule is COc1ccc(N(CC(=O)NCCCc2ccccc2)C(C)=O)cc1Cl. The second-order valence-corrected chi connectivity index (χ2v) is 6.27. The van der Waals surface area contributed by atoms with E-state index in [0.717, 1.165) is 12.8 Å². The van der Waals surface area contributed by atoms with Crippen molar-refractivity contribution < 1.29 is 14.3 Å². The Hall–Kier alpha value is -2.53. The number of methoxy groups -OCH3 is 1. The van der Waals surface area contributed by atoms with Crippen molar-refractivity contribution in [1.29, 1.82) is 0 Å². The molecule has 0 aromatic heterocycles. The first-order valence-electron chi connectivity index (χ1n) is 8.43. The van der Waals surface area contributed by atoms with Gasteiger partial charge in [0, 0.05) is 19.2 Å². The number of benzene rings is 2. The van der Waals surface area contributed by atoms with Gasteiger partial charge in [-0.15, -0.1) is 0 Å². The minimum Gasteiger partial charge on any atom is -0.495 e. The highest BCUT2D eigenvalue weighted by molar-refractivity contribution is 6.32. The molecular formula is C20H23ClN2O3. The molecule has 0 spiro atoms. The van der Waals surface area contributed by atoms with Gasteiger partial charge in [-0.2, -0.15) is 0 Å². The van der Waals surface area contributed by atoms with E-state index < -0.39 is 0 Å². The van der Waals surface area contributed by atoms with Crippen LogP contribution < -0.4 is 15.0 Å². The molecule has 0 bridgehead atoms. The summed E-state index contributed by atoms with van der Waals surface area (Å²) in [6.45, 7) is 1.92. The fourth-order valence-electron chi connectivity index (χ4n) is 2.57. The Morgan fingerprint density at radius 2 is 1.88 bits per heavy atom. The molecule has 0 aliphatic rings. The third kappa shape index (κ3) is 5.77. The maximum atomic E-state index is 12.2. The zero-order chi connectivity index (χ0) is 18.9. The third-order valence-corrected chi connectivity index (χ3v) is 4.23. The molecule has 0 unspecified atom stereocenters. The van der Waals surface area contributed by atoms with E-state index in [9.17, 15) is 9.59 Å². The molecule has 6 heteroatoms. The van der Waals surface area contributed by atoms with Crippen LogP contribution in [0.3, 0.4) is 0 Å². The maximum Gasteiger partial charge on any atom is 0.240 e. The van der Waals surface area contributed by atoms with Gasteiger partial charge in [0.2, 0.25) is 11.8 Å². The third-order valence-electron chi connectivity index (χ3n) is 3.94. The van der Waals surface area contributed by atoms with Crippen molar-refractivity contribution in [1.82, 2.24) is 5.32 Å². The largest absolute Gasteiger partial charge is 0.495 e. The highest BCUT2D eigenvalue weighted by Gasteiger charge is 2.17. The van der Waals surface area contributed by atoms with Gasteiger partial charge < -0.3 is 15.0 Å². The van der Waals surface area contributed by atoms with Crippen LogP contribution in [0.1, 0.15) is 18.9 Å². The summed E-state index contributed by atoms with van der Waals surface area (Å²) in [6.07, 6.45) is 1.73. The van der Waals surface area contributed by atoms with Crippen molar-refractivity contribution in [2.45, 2.75) is 19.8 Å². The predicted molar refractivity (Wildman–Crippen MR) is 104 cm³/mol. The molecule has 0 fully saturated rings. The van der Waals surface area contributed by atoms with Crippen LogP contribution in [0.25, 0.3) is 0 Å². The first-order valence-corrected chi connectivity index (χ1v) is 8.81. The molecule has 138 valence electrons. The van der Waals surface area contributed by atoms with E-state index in [0.29, 0.717) is 23.0 Å². The van der Waals surface area contributed by atoms with Gasteiger partial charge >= 0.3 is 0 Å². The van der Waals surface area contributed by atoms with Crippen LogP contribution in [0, 0.1) is 0 Å². The van der Waals surface area contributed by atoms with Crippen LogP contribution in [-0.2, 0) is 16.0 Å². The Kier molecular flexibility index (Phi) is 7.48. The van der Waals surface area contributed by atoms with Crippen LogP contribution in [0.5, 0.6) is 5.75 Å². The summed E-state index contributed by atoms with van der Waals surface area (Å²) >= 11 is 6.11. The lowest BCUT2D eigenvalue weighted by Crippen LogP contribution is -2.40. The lowest BCUT2D eigenvalue weighted by atomic mass is 10.1. The first kappa shape index (κ1) is 19.8. The fourth-order valence-corrected chi connectivity index (χ4v) is 2.82. The molecule has 0 saturated carbocycles. The van der Waals surface area contributed by atoms with E-state index in [1.807, 2.05) is 18.2 Å². The smallest absolute Gasteiger partial charge is 0.240 e. The highest BCUT2D eigenvalue weighted by atomic mass is 35.5. The molecule has 0 aliphatic heterocycles. The zero-order valence-corrected chi connectivity index (χ0v) is 15.8. The fraction of sp³-hybridized carbons (Fsp3) is 0.300. The van der Waals surface area contributed by atoms with E-state index in [4.69, 9.17) is 16.3 Å². The van der Waals surface area contributed by atoms with Crippen molar-refractivity contribution in [3.63, 3.8) is 0 Å². The van der Waals surface area contributed by atoms with Gasteiger partial charge in [0.1, 0.15) is 12.3 Å². The number of hydrogen-bond acceptors (Lipinski definition) is 3. The molecule has 2 aromatic rings. The van der Waals surface area contributed by atoms with E-state index in [2.05, 4.69) is 17.4 Å². The molecule has 5 nitrogen and oxygen atoms in total. The molecule has 2 rings (SSSR count). The number of nitrogens with zero attached hydrogens (tertiary/aromatic N) is 1. The summed E-state index contributed by atoms with van der Waals surface area (Å²) in [4.78, 5) is 25.5. The molecule has 0 saturated heterocycles. The number of carbonyl (C=O) groups is 2. The number of aryl methyl sites for hydroxylation is 1. The van der Waals surface area contributed by atoms with Gasteiger partial charge in [-0.05, 0) is 36.6 Å². The Balaban J connectivity index is 1.87. The van der Waals surface area contributed by atoms with Crippen molar-refractivity contribution >= 4 is 29.1 Å². The zero-order valence-electron chi connectivity index (χ0n) is 15.0. The summed E-state index contributed by atoms with van der Waals surface area (Å²) in [7, 11) is 1.52. The average Bonchev–Trinajstić information content (AvgIpc) is 2.64. The van der Waals surface area contributed by atoms with E-state index in [1.165, 1.54) is 24.5 Å². The lowest BCUT2D eigenvalue weighted by Gasteiger charge is -2.21. The highest BCUT2D eigenvalue weighted by Crippen LogP contribution is 2.29. The number of nitrogens with one attached hydrogen (secondary N) is 1. The molecule has 0 heterocycles. The first-order chi connectivity index (χ1) is 12.5. The van der Waals surface area contributed by atoms with Crippen LogP contribution in [0.2, 0.25) is 5.02 Å². The minimum atomic E-state index is -0.231. The van der Waals surface area contributed by atoms with E-state index in [1.54, 1.807) is 18.2 Å². The Labute approximate surface area is 158 Å². The summed E-state index contributed by atoms with van der Waals surface area (Å²) in [6, 6.07) is 15.1. The van der Waals surface area contributed by atoms with Crippen molar-refractivity contribution in [3.05, 3.63) is 59.1 Å². The van der Waals surface area contributed by atoms with Crippen LogP contribution >= 0.6 is 11.6 Å². The van der Waals surface area contributed by atoms with Crippen LogP contribution in [0.15, 0.2) is 48.5 Å². The topological polar surface area (TPSA) is 58.6 Å². The summed E-state index contributed by atoms with van der Waals surface area (Å²) in [5.74, 6) is 0.0788. The molecule has 0 atom stereocenters. The van der Waals surface area contributed by atoms with Gasteiger partial charge in [-0.25, -0.2) is 0 Å². The molecule has 2 aromatic carbocycles. The normalized spacial score (nSPS) is 10.3. The number of anilines is 1. The number of ether oxygens (including phenoxy) is 1. The second kappa shape index (κ2) is 9.82. The Morgan fingerprint density at radius 1 is 1.15 bits per heavy atom. The monoisotopic (exact) mass is 374 g/mol. The average molecular weight is 375 g/mol. The summed E-state index contributed by atoms with van der Waals surface area (Å²) < 4.78 is 5.11. The van der Waals surface area contributed by atoms with Crippen molar-refractivity contribution in [3.8, 4) is 5.75 Å².